The van der Waals surface area contributed by atoms with Crippen LogP contribution in [0.15, 0.2) is 182 Å². The molecular weight excluding hydrogens is 657 g/mol. The Kier molecular flexibility index (Phi) is 11.5. The minimum atomic E-state index is 0.821. The van der Waals surface area contributed by atoms with Crippen molar-refractivity contribution in [2.45, 2.75) is 0 Å². The number of hydrogen-bond acceptors (Lipinski definition) is 2. The Balaban J connectivity index is 1.16. The smallest absolute Gasteiger partial charge is 0.119 e. The molecule has 0 spiro atoms. The van der Waals surface area contributed by atoms with Crippen LogP contribution in [0, 0.1) is 0 Å². The van der Waals surface area contributed by atoms with E-state index < -0.39 is 0 Å². The summed E-state index contributed by atoms with van der Waals surface area (Å²) in [5, 5.41) is 0. The molecular formula is C52H42O2. The highest BCUT2D eigenvalue weighted by molar-refractivity contribution is 5.95. The van der Waals surface area contributed by atoms with E-state index in [1.165, 1.54) is 0 Å². The molecule has 0 aliphatic heterocycles. The van der Waals surface area contributed by atoms with Crippen LogP contribution in [0.2, 0.25) is 0 Å². The summed E-state index contributed by atoms with van der Waals surface area (Å²) in [5.74, 6) is 1.64. The fourth-order valence-electron chi connectivity index (χ4n) is 6.45. The molecule has 0 fully saturated rings. The van der Waals surface area contributed by atoms with Gasteiger partial charge >= 0.3 is 0 Å². The van der Waals surface area contributed by atoms with Crippen LogP contribution in [-0.2, 0) is 0 Å². The van der Waals surface area contributed by atoms with Crippen LogP contribution in [0.4, 0.5) is 0 Å². The van der Waals surface area contributed by atoms with Gasteiger partial charge in [0.05, 0.1) is 14.2 Å². The lowest BCUT2D eigenvalue weighted by molar-refractivity contribution is 0.414. The van der Waals surface area contributed by atoms with Crippen LogP contribution < -0.4 is 9.47 Å². The molecule has 0 aliphatic rings. The Morgan fingerprint density at radius 1 is 0.333 bits per heavy atom. The normalized spacial score (nSPS) is 11.0. The first-order valence-corrected chi connectivity index (χ1v) is 18.1. The standard InChI is InChI=1S/C52H42O2/c1-53-49-33-31-41(47(35-49)37-51(43-15-7-3-8-16-43)44-17-9-4-10-18-44)29-27-39-23-25-40(26-24-39)28-30-42-32-34-50(54-2)36-48(42)38-52(45-19-11-5-12-20-45)46-21-13-6-14-22-46/h3-38H,1-2H3. The van der Waals surface area contributed by atoms with Gasteiger partial charge in [0.25, 0.3) is 0 Å². The van der Waals surface area contributed by atoms with Gasteiger partial charge in [-0.05, 0) is 103 Å². The zero-order chi connectivity index (χ0) is 37.0. The third kappa shape index (κ3) is 8.93. The molecule has 54 heavy (non-hydrogen) atoms. The Hall–Kier alpha value is -6.90. The van der Waals surface area contributed by atoms with Gasteiger partial charge in [0, 0.05) is 0 Å². The van der Waals surface area contributed by atoms with Gasteiger partial charge in [-0.15, -0.1) is 0 Å². The van der Waals surface area contributed by atoms with Gasteiger partial charge in [-0.2, -0.15) is 0 Å². The van der Waals surface area contributed by atoms with Gasteiger partial charge in [-0.1, -0.05) is 182 Å². The molecule has 7 aromatic rings. The van der Waals surface area contributed by atoms with Crippen molar-refractivity contribution in [1.29, 1.82) is 0 Å². The monoisotopic (exact) mass is 698 g/mol. The minimum Gasteiger partial charge on any atom is -0.497 e. The van der Waals surface area contributed by atoms with Gasteiger partial charge in [0.1, 0.15) is 11.5 Å². The van der Waals surface area contributed by atoms with Crippen molar-refractivity contribution in [3.8, 4) is 11.5 Å². The first kappa shape index (κ1) is 35.5. The summed E-state index contributed by atoms with van der Waals surface area (Å²) < 4.78 is 11.3. The first-order chi connectivity index (χ1) is 26.7. The van der Waals surface area contributed by atoms with Crippen molar-refractivity contribution in [3.63, 3.8) is 0 Å². The van der Waals surface area contributed by atoms with E-state index in [0.29, 0.717) is 0 Å². The number of rotatable bonds is 12. The quantitative estimate of drug-likeness (QED) is 0.118. The summed E-state index contributed by atoms with van der Waals surface area (Å²) in [4.78, 5) is 0. The van der Waals surface area contributed by atoms with Crippen molar-refractivity contribution in [2.75, 3.05) is 14.2 Å². The molecule has 2 heteroatoms. The first-order valence-electron chi connectivity index (χ1n) is 18.1. The summed E-state index contributed by atoms with van der Waals surface area (Å²) in [6, 6.07) is 63.2. The zero-order valence-electron chi connectivity index (χ0n) is 30.6. The van der Waals surface area contributed by atoms with Gasteiger partial charge in [0.15, 0.2) is 0 Å². The fraction of sp³-hybridized carbons (Fsp3) is 0.0385. The number of methoxy groups -OCH3 is 2. The number of hydrogen-bond donors (Lipinski definition) is 0. The van der Waals surface area contributed by atoms with Gasteiger partial charge in [0.2, 0.25) is 0 Å². The molecule has 0 radical (unpaired) electrons. The second kappa shape index (κ2) is 17.5. The van der Waals surface area contributed by atoms with Crippen molar-refractivity contribution in [1.82, 2.24) is 0 Å². The lowest BCUT2D eigenvalue weighted by atomic mass is 9.94. The molecule has 0 aliphatic carbocycles. The van der Waals surface area contributed by atoms with Crippen LogP contribution in [-0.4, -0.2) is 14.2 Å². The number of benzene rings is 7. The molecule has 0 aromatic heterocycles. The molecule has 0 atom stereocenters. The van der Waals surface area contributed by atoms with Crippen molar-refractivity contribution in [3.05, 3.63) is 238 Å². The molecule has 0 saturated heterocycles. The van der Waals surface area contributed by atoms with Crippen LogP contribution in [0.3, 0.4) is 0 Å². The molecule has 2 nitrogen and oxygen atoms in total. The lowest BCUT2D eigenvalue weighted by Gasteiger charge is -2.12. The lowest BCUT2D eigenvalue weighted by Crippen LogP contribution is -1.91. The Morgan fingerprint density at radius 2 is 0.648 bits per heavy atom. The SMILES string of the molecule is COc1ccc(C=Cc2ccc(C=Cc3ccc(OC)cc3C=C(c3ccccc3)c3ccccc3)cc2)c(C=C(c2ccccc2)c2ccccc2)c1. The van der Waals surface area contributed by atoms with E-state index in [4.69, 9.17) is 9.47 Å². The van der Waals surface area contributed by atoms with E-state index >= 15 is 0 Å². The maximum absolute atomic E-state index is 5.64. The second-order valence-corrected chi connectivity index (χ2v) is 12.9. The van der Waals surface area contributed by atoms with Crippen LogP contribution >= 0.6 is 0 Å². The van der Waals surface area contributed by atoms with Gasteiger partial charge in [-0.3, -0.25) is 0 Å². The summed E-state index contributed by atoms with van der Waals surface area (Å²) in [5.41, 5.74) is 13.6. The van der Waals surface area contributed by atoms with Crippen LogP contribution in [0.1, 0.15) is 55.6 Å². The van der Waals surface area contributed by atoms with E-state index in [1.807, 2.05) is 12.1 Å². The minimum absolute atomic E-state index is 0.821. The van der Waals surface area contributed by atoms with Gasteiger partial charge < -0.3 is 9.47 Å². The van der Waals surface area contributed by atoms with Crippen molar-refractivity contribution < 1.29 is 9.47 Å². The molecule has 7 rings (SSSR count). The van der Waals surface area contributed by atoms with E-state index in [0.717, 1.165) is 78.3 Å². The Bertz CT molecular complexity index is 2150. The second-order valence-electron chi connectivity index (χ2n) is 12.9. The summed E-state index contributed by atoms with van der Waals surface area (Å²) in [7, 11) is 3.42. The highest BCUT2D eigenvalue weighted by atomic mass is 16.5. The molecule has 262 valence electrons. The maximum atomic E-state index is 5.64. The molecule has 7 aromatic carbocycles. The summed E-state index contributed by atoms with van der Waals surface area (Å²) in [6.07, 6.45) is 13.2. The van der Waals surface area contributed by atoms with E-state index in [2.05, 4.69) is 206 Å². The van der Waals surface area contributed by atoms with E-state index in [-0.39, 0.29) is 0 Å². The average Bonchev–Trinajstić information content (AvgIpc) is 3.25. The molecule has 0 unspecified atom stereocenters. The summed E-state index contributed by atoms with van der Waals surface area (Å²) in [6.45, 7) is 0. The molecule has 0 saturated carbocycles. The Labute approximate surface area is 319 Å². The highest BCUT2D eigenvalue weighted by Gasteiger charge is 2.10. The summed E-state index contributed by atoms with van der Waals surface area (Å²) >= 11 is 0. The zero-order valence-corrected chi connectivity index (χ0v) is 30.6. The van der Waals surface area contributed by atoms with Crippen molar-refractivity contribution >= 4 is 47.6 Å². The van der Waals surface area contributed by atoms with Crippen LogP contribution in [0.5, 0.6) is 11.5 Å². The maximum Gasteiger partial charge on any atom is 0.119 e. The number of ether oxygens (including phenoxy) is 2. The third-order valence-electron chi connectivity index (χ3n) is 9.37. The predicted molar refractivity (Wildman–Crippen MR) is 230 cm³/mol. The molecule has 0 heterocycles. The molecule has 0 N–H and O–H groups in total. The van der Waals surface area contributed by atoms with E-state index in [1.54, 1.807) is 14.2 Å². The van der Waals surface area contributed by atoms with Gasteiger partial charge in [-0.25, -0.2) is 0 Å². The highest BCUT2D eigenvalue weighted by Crippen LogP contribution is 2.31. The average molecular weight is 699 g/mol. The predicted octanol–water partition coefficient (Wildman–Crippen LogP) is 13.2. The Morgan fingerprint density at radius 3 is 0.944 bits per heavy atom. The fourth-order valence-corrected chi connectivity index (χ4v) is 6.45. The van der Waals surface area contributed by atoms with Crippen LogP contribution in [0.25, 0.3) is 47.6 Å². The third-order valence-corrected chi connectivity index (χ3v) is 9.37. The van der Waals surface area contributed by atoms with Crippen molar-refractivity contribution in [2.24, 2.45) is 0 Å². The topological polar surface area (TPSA) is 18.5 Å². The van der Waals surface area contributed by atoms with E-state index in [9.17, 15) is 0 Å². The molecule has 0 amide bonds. The largest absolute Gasteiger partial charge is 0.497 e. The molecule has 0 bridgehead atoms.